The summed E-state index contributed by atoms with van der Waals surface area (Å²) in [7, 11) is -3.18. The van der Waals surface area contributed by atoms with Gasteiger partial charge in [-0.1, -0.05) is 18.5 Å². The maximum atomic E-state index is 12.1. The van der Waals surface area contributed by atoms with Crippen molar-refractivity contribution < 1.29 is 17.7 Å². The summed E-state index contributed by atoms with van der Waals surface area (Å²) in [4.78, 5) is 16.2. The second-order valence-electron chi connectivity index (χ2n) is 5.80. The Balaban J connectivity index is 1.78. The molecule has 0 aromatic carbocycles. The van der Waals surface area contributed by atoms with E-state index in [1.54, 1.807) is 6.92 Å². The number of aromatic nitrogens is 2. The number of carbonyl (C=O) groups excluding carboxylic acids is 1. The first-order valence-electron chi connectivity index (χ1n) is 7.97. The number of nitrogens with zero attached hydrogens (tertiary/aromatic N) is 3. The summed E-state index contributed by atoms with van der Waals surface area (Å²) in [6.45, 7) is 4.70. The highest BCUT2D eigenvalue weighted by atomic mass is 32.2. The van der Waals surface area contributed by atoms with Gasteiger partial charge in [0.05, 0.1) is 12.3 Å². The summed E-state index contributed by atoms with van der Waals surface area (Å²) in [6, 6.07) is 0. The first-order chi connectivity index (χ1) is 10.9. The number of hydrogen-bond donors (Lipinski definition) is 1. The maximum absolute atomic E-state index is 12.1. The number of sulfonamides is 1. The molecule has 1 fully saturated rings. The number of amides is 1. The molecule has 1 aromatic heterocycles. The van der Waals surface area contributed by atoms with Crippen LogP contribution in [0.4, 0.5) is 0 Å². The van der Waals surface area contributed by atoms with E-state index in [1.165, 1.54) is 4.31 Å². The zero-order valence-corrected chi connectivity index (χ0v) is 14.4. The molecule has 0 unspecified atom stereocenters. The molecule has 130 valence electrons. The van der Waals surface area contributed by atoms with Crippen molar-refractivity contribution in [2.24, 2.45) is 5.92 Å². The summed E-state index contributed by atoms with van der Waals surface area (Å²) < 4.78 is 30.7. The van der Waals surface area contributed by atoms with Crippen molar-refractivity contribution in [3.8, 4) is 0 Å². The fraction of sp³-hybridized carbons (Fsp3) is 0.786. The Morgan fingerprint density at radius 1 is 1.39 bits per heavy atom. The van der Waals surface area contributed by atoms with E-state index in [0.29, 0.717) is 44.1 Å². The molecule has 0 aliphatic carbocycles. The van der Waals surface area contributed by atoms with Gasteiger partial charge in [-0.25, -0.2) is 12.7 Å². The molecule has 8 nitrogen and oxygen atoms in total. The van der Waals surface area contributed by atoms with Gasteiger partial charge in [0.2, 0.25) is 21.8 Å². The first kappa shape index (κ1) is 17.9. The fourth-order valence-electron chi connectivity index (χ4n) is 2.57. The normalized spacial score (nSPS) is 17.3. The summed E-state index contributed by atoms with van der Waals surface area (Å²) >= 11 is 0. The van der Waals surface area contributed by atoms with Crippen molar-refractivity contribution in [2.45, 2.75) is 46.1 Å². The summed E-state index contributed by atoms with van der Waals surface area (Å²) in [5.74, 6) is 0.829. The van der Waals surface area contributed by atoms with E-state index < -0.39 is 10.0 Å². The molecule has 0 radical (unpaired) electrons. The molecule has 0 saturated carbocycles. The Bertz CT molecular complexity index is 620. The van der Waals surface area contributed by atoms with Gasteiger partial charge in [0.25, 0.3) is 0 Å². The van der Waals surface area contributed by atoms with Gasteiger partial charge in [-0.2, -0.15) is 4.98 Å². The maximum Gasteiger partial charge on any atom is 0.246 e. The van der Waals surface area contributed by atoms with Crippen molar-refractivity contribution in [1.29, 1.82) is 0 Å². The average Bonchev–Trinajstić information content (AvgIpc) is 2.96. The van der Waals surface area contributed by atoms with Gasteiger partial charge in [-0.15, -0.1) is 0 Å². The van der Waals surface area contributed by atoms with Crippen molar-refractivity contribution in [3.05, 3.63) is 11.7 Å². The third-order valence-corrected chi connectivity index (χ3v) is 5.91. The molecule has 1 aliphatic heterocycles. The Morgan fingerprint density at radius 2 is 2.09 bits per heavy atom. The molecule has 1 amide bonds. The molecule has 1 N–H and O–H groups in total. The predicted octanol–water partition coefficient (Wildman–Crippen LogP) is 0.836. The van der Waals surface area contributed by atoms with Crippen LogP contribution >= 0.6 is 0 Å². The molecule has 2 heterocycles. The Morgan fingerprint density at radius 3 is 2.65 bits per heavy atom. The minimum atomic E-state index is -3.18. The number of aryl methyl sites for hydroxylation is 1. The predicted molar refractivity (Wildman–Crippen MR) is 83.9 cm³/mol. The van der Waals surface area contributed by atoms with Crippen molar-refractivity contribution in [1.82, 2.24) is 19.8 Å². The zero-order chi connectivity index (χ0) is 16.9. The molecular formula is C14H24N4O4S. The average molecular weight is 344 g/mol. The van der Waals surface area contributed by atoms with Crippen LogP contribution in [0, 0.1) is 12.8 Å². The largest absolute Gasteiger partial charge is 0.347 e. The van der Waals surface area contributed by atoms with Gasteiger partial charge in [0.1, 0.15) is 0 Å². The highest BCUT2D eigenvalue weighted by Crippen LogP contribution is 2.20. The lowest BCUT2D eigenvalue weighted by atomic mass is 9.97. The van der Waals surface area contributed by atoms with Crippen LogP contribution in [0.25, 0.3) is 0 Å². The lowest BCUT2D eigenvalue weighted by Crippen LogP contribution is -2.43. The number of piperidine rings is 1. The van der Waals surface area contributed by atoms with E-state index in [1.807, 2.05) is 6.92 Å². The topological polar surface area (TPSA) is 105 Å². The van der Waals surface area contributed by atoms with Crippen LogP contribution in [-0.4, -0.2) is 47.6 Å². The quantitative estimate of drug-likeness (QED) is 0.785. The van der Waals surface area contributed by atoms with Gasteiger partial charge >= 0.3 is 0 Å². The molecule has 1 aliphatic rings. The van der Waals surface area contributed by atoms with E-state index in [9.17, 15) is 13.2 Å². The van der Waals surface area contributed by atoms with Crippen molar-refractivity contribution >= 4 is 15.9 Å². The van der Waals surface area contributed by atoms with Crippen molar-refractivity contribution in [3.63, 3.8) is 0 Å². The third-order valence-electron chi connectivity index (χ3n) is 3.96. The second kappa shape index (κ2) is 7.87. The van der Waals surface area contributed by atoms with E-state index in [-0.39, 0.29) is 24.1 Å². The molecular weight excluding hydrogens is 320 g/mol. The molecule has 0 bridgehead atoms. The summed E-state index contributed by atoms with van der Waals surface area (Å²) in [5, 5.41) is 6.42. The molecule has 1 saturated heterocycles. The zero-order valence-electron chi connectivity index (χ0n) is 13.6. The Kier molecular flexibility index (Phi) is 6.11. The van der Waals surface area contributed by atoms with Gasteiger partial charge in [0, 0.05) is 19.0 Å². The summed E-state index contributed by atoms with van der Waals surface area (Å²) in [5.41, 5.74) is 0. The van der Waals surface area contributed by atoms with E-state index in [4.69, 9.17) is 4.52 Å². The molecule has 23 heavy (non-hydrogen) atoms. The molecule has 9 heteroatoms. The number of carbonyl (C=O) groups is 1. The molecule has 1 aromatic rings. The lowest BCUT2D eigenvalue weighted by Gasteiger charge is -2.30. The number of rotatable bonds is 7. The highest BCUT2D eigenvalue weighted by Gasteiger charge is 2.30. The SMILES string of the molecule is CCCCS(=O)(=O)N1CCC(C(=O)NCc2nc(C)no2)CC1. The molecule has 2 rings (SSSR count). The van der Waals surface area contributed by atoms with Gasteiger partial charge in [-0.05, 0) is 26.2 Å². The van der Waals surface area contributed by atoms with Crippen LogP contribution in [0.3, 0.4) is 0 Å². The molecule has 0 spiro atoms. The number of nitrogens with one attached hydrogen (secondary N) is 1. The van der Waals surface area contributed by atoms with Crippen LogP contribution < -0.4 is 5.32 Å². The monoisotopic (exact) mass is 344 g/mol. The van der Waals surface area contributed by atoms with Crippen LogP contribution in [0.15, 0.2) is 4.52 Å². The van der Waals surface area contributed by atoms with Crippen molar-refractivity contribution in [2.75, 3.05) is 18.8 Å². The van der Waals surface area contributed by atoms with E-state index in [2.05, 4.69) is 15.5 Å². The standard InChI is InChI=1S/C14H24N4O4S/c1-3-4-9-23(20,21)18-7-5-12(6-8-18)14(19)15-10-13-16-11(2)17-22-13/h12H,3-10H2,1-2H3,(H,15,19). The fourth-order valence-corrected chi connectivity index (χ4v) is 4.25. The Hall–Kier alpha value is -1.48. The summed E-state index contributed by atoms with van der Waals surface area (Å²) in [6.07, 6.45) is 2.61. The van der Waals surface area contributed by atoms with Crippen LogP contribution in [-0.2, 0) is 21.4 Å². The second-order valence-corrected chi connectivity index (χ2v) is 7.88. The Labute approximate surface area is 136 Å². The minimum Gasteiger partial charge on any atom is -0.347 e. The van der Waals surface area contributed by atoms with Crippen LogP contribution in [0.2, 0.25) is 0 Å². The smallest absolute Gasteiger partial charge is 0.246 e. The first-order valence-corrected chi connectivity index (χ1v) is 9.58. The number of unbranched alkanes of at least 4 members (excludes halogenated alkanes) is 1. The van der Waals surface area contributed by atoms with Crippen LogP contribution in [0.5, 0.6) is 0 Å². The van der Waals surface area contributed by atoms with E-state index in [0.717, 1.165) is 6.42 Å². The van der Waals surface area contributed by atoms with Gasteiger partial charge in [-0.3, -0.25) is 4.79 Å². The minimum absolute atomic E-state index is 0.0912. The van der Waals surface area contributed by atoms with E-state index >= 15 is 0 Å². The highest BCUT2D eigenvalue weighted by molar-refractivity contribution is 7.89. The third kappa shape index (κ3) is 5.00. The van der Waals surface area contributed by atoms with Gasteiger partial charge < -0.3 is 9.84 Å². The van der Waals surface area contributed by atoms with Gasteiger partial charge in [0.15, 0.2) is 5.82 Å². The number of hydrogen-bond acceptors (Lipinski definition) is 6. The lowest BCUT2D eigenvalue weighted by molar-refractivity contribution is -0.126. The molecule has 0 atom stereocenters. The van der Waals surface area contributed by atoms with Crippen LogP contribution in [0.1, 0.15) is 44.3 Å².